The summed E-state index contributed by atoms with van der Waals surface area (Å²) >= 11 is 0. The van der Waals surface area contributed by atoms with E-state index in [2.05, 4.69) is 59.0 Å². The summed E-state index contributed by atoms with van der Waals surface area (Å²) in [6.07, 6.45) is -8.68. The van der Waals surface area contributed by atoms with E-state index in [1.165, 1.54) is 19.8 Å². The molecule has 6 atom stereocenters. The number of ether oxygens (including phenoxy) is 7. The van der Waals surface area contributed by atoms with Gasteiger partial charge in [0.05, 0.1) is 86.7 Å². The number of rotatable bonds is 26. The zero-order valence-electron chi connectivity index (χ0n) is 78.5. The van der Waals surface area contributed by atoms with Crippen LogP contribution in [0.3, 0.4) is 0 Å². The van der Waals surface area contributed by atoms with Crippen molar-refractivity contribution in [2.75, 3.05) is 55.2 Å². The largest absolute Gasteiger partial charge is 1.00 e. The van der Waals surface area contributed by atoms with Crippen LogP contribution in [0.25, 0.3) is 16.7 Å². The normalized spacial score (nSPS) is 19.4. The minimum absolute atomic E-state index is 0. The van der Waals surface area contributed by atoms with E-state index in [1.54, 1.807) is 97.8 Å². The number of amides is 2. The Labute approximate surface area is 760 Å². The number of methoxy groups -OCH3 is 5. The Bertz CT molecular complexity index is 5120. The molecule has 2 fully saturated rings. The van der Waals surface area contributed by atoms with E-state index >= 15 is 0 Å². The van der Waals surface area contributed by atoms with Crippen molar-refractivity contribution in [3.8, 4) is 17.2 Å². The quantitative estimate of drug-likeness (QED) is 0.0198. The van der Waals surface area contributed by atoms with Crippen molar-refractivity contribution < 1.29 is 131 Å². The number of halogens is 9. The molecule has 2 aliphatic heterocycles. The first kappa shape index (κ1) is 106. The first-order valence-electron chi connectivity index (χ1n) is 42.8. The van der Waals surface area contributed by atoms with Crippen molar-refractivity contribution in [3.05, 3.63) is 209 Å². The number of esters is 2. The summed E-state index contributed by atoms with van der Waals surface area (Å²) in [6, 6.07) is 27.4. The van der Waals surface area contributed by atoms with Gasteiger partial charge in [-0.3, -0.25) is 24.2 Å². The molecule has 6 aromatic rings. The van der Waals surface area contributed by atoms with Crippen LogP contribution in [0.5, 0.6) is 17.2 Å². The van der Waals surface area contributed by atoms with E-state index in [1.807, 2.05) is 77.1 Å². The van der Waals surface area contributed by atoms with Crippen molar-refractivity contribution in [2.24, 2.45) is 32.5 Å². The number of hydrogen-bond acceptors (Lipinski definition) is 15. The summed E-state index contributed by atoms with van der Waals surface area (Å²) < 4.78 is 160. The second-order valence-corrected chi connectivity index (χ2v) is 39.2. The molecular formula is C100H127F9LiN3O15. The monoisotopic (exact) mass is 1790 g/mol. The molecule has 6 aromatic carbocycles. The molecule has 0 spiro atoms. The van der Waals surface area contributed by atoms with Gasteiger partial charge in [-0.05, 0) is 310 Å². The maximum absolute atomic E-state index is 13.6. The average molecular weight is 1790 g/mol. The zero-order valence-corrected chi connectivity index (χ0v) is 78.5. The Morgan fingerprint density at radius 2 is 0.797 bits per heavy atom. The maximum Gasteiger partial charge on any atom is 1.00 e. The van der Waals surface area contributed by atoms with Crippen LogP contribution in [0.15, 0.2) is 126 Å². The molecule has 2 heterocycles. The smallest absolute Gasteiger partial charge is 0.870 e. The molecule has 2 saturated heterocycles. The summed E-state index contributed by atoms with van der Waals surface area (Å²) in [5.74, 6) is 0.642. The van der Waals surface area contributed by atoms with E-state index in [4.69, 9.17) is 33.2 Å². The standard InChI is InChI=1S/C34H42F3NO5.C33H40F3NO5.C33H44F3NO4.Li.H2O/c1-20-13-23(16-25(14-20)34(35,36)37)29-21(2)38(31(40)43-29)19-24-18-32(3,4)12-11-26(24)27-15-22(9-10-28(27)41-7)17-33(5,6)30(39)42-8;1-19-12-22(15-24(13-19)33(34,35)36)28-20(2)37(30(40)42-28)18-23-17-31(3,4)11-10-25(23)26-14-21(8-9-27(26)41-7)16-32(5,6)29(38)39;1-20-13-23(16-25(14-20)33(34,35)36)29(38)21(2)37-19-24-18-31(3,4)12-11-26(24)27-15-22(9-10-28(27)40-7)17-32(5,6)30(39)41-8;;/h9-10,13-16,21,29H,11-12,17-19H2,1-8H3;8-9,12-15,20,28H,10-11,16-18H2,1-7H3,(H,38,39);9-10,13-16,21,29,37-38H,11-12,17-19H2,1-8H3;;1H2/q;;;+1;/p-1/t21-,29-;20-,28-;21-,29-;;/m000../s1. The number of carbonyl (C=O) groups is 5. The number of nitrogens with one attached hydrogen (secondary N) is 1. The molecule has 0 radical (unpaired) electrons. The van der Waals surface area contributed by atoms with Gasteiger partial charge in [0, 0.05) is 42.4 Å². The second kappa shape index (κ2) is 41.5. The number of hydrogen-bond donors (Lipinski definition) is 3. The number of allylic oxidation sites excluding steroid dienone is 3. The summed E-state index contributed by atoms with van der Waals surface area (Å²) in [6.45, 7) is 35.2. The van der Waals surface area contributed by atoms with E-state index < -0.39 is 106 Å². The van der Waals surface area contributed by atoms with Crippen LogP contribution in [0.2, 0.25) is 0 Å². The van der Waals surface area contributed by atoms with Gasteiger partial charge in [0.2, 0.25) is 0 Å². The number of benzene rings is 6. The van der Waals surface area contributed by atoms with E-state index in [0.717, 1.165) is 155 Å². The van der Waals surface area contributed by atoms with Gasteiger partial charge < -0.3 is 54.2 Å². The molecule has 4 N–H and O–H groups in total. The van der Waals surface area contributed by atoms with E-state index in [-0.39, 0.29) is 71.2 Å². The molecule has 18 nitrogen and oxygen atoms in total. The minimum atomic E-state index is -4.51. The van der Waals surface area contributed by atoms with Gasteiger partial charge >= 0.3 is 67.5 Å². The number of carboxylic acids is 1. The van der Waals surface area contributed by atoms with Gasteiger partial charge in [-0.15, -0.1) is 0 Å². The number of nitrogens with zero attached hydrogens (tertiary/aromatic N) is 2. The Morgan fingerprint density at radius 1 is 0.484 bits per heavy atom. The topological polar surface area (TPSA) is 239 Å². The summed E-state index contributed by atoms with van der Waals surface area (Å²) in [5, 5.41) is 24.1. The fourth-order valence-corrected chi connectivity index (χ4v) is 18.1. The molecular weight excluding hydrogens is 1660 g/mol. The van der Waals surface area contributed by atoms with Crippen molar-refractivity contribution in [3.63, 3.8) is 0 Å². The van der Waals surface area contributed by atoms with E-state index in [0.29, 0.717) is 71.5 Å². The van der Waals surface area contributed by atoms with Crippen LogP contribution < -0.4 is 38.4 Å². The van der Waals surface area contributed by atoms with Crippen molar-refractivity contribution in [1.29, 1.82) is 0 Å². The fourth-order valence-electron chi connectivity index (χ4n) is 18.1. The van der Waals surface area contributed by atoms with Gasteiger partial charge in [0.15, 0.2) is 0 Å². The van der Waals surface area contributed by atoms with Gasteiger partial charge in [0.25, 0.3) is 0 Å². The first-order valence-corrected chi connectivity index (χ1v) is 42.8. The number of aliphatic hydroxyl groups excluding tert-OH is 1. The fraction of sp³-hybridized carbons (Fsp3) is 0.530. The van der Waals surface area contributed by atoms with Crippen molar-refractivity contribution in [1.82, 2.24) is 15.1 Å². The van der Waals surface area contributed by atoms with Crippen LogP contribution in [0, 0.1) is 53.3 Å². The molecule has 11 rings (SSSR count). The Morgan fingerprint density at radius 3 is 1.12 bits per heavy atom. The summed E-state index contributed by atoms with van der Waals surface area (Å²) in [5.41, 5.74) is 9.68. The summed E-state index contributed by atoms with van der Waals surface area (Å²) in [7, 11) is 7.62. The van der Waals surface area contributed by atoms with Crippen molar-refractivity contribution in [2.45, 2.75) is 257 Å². The zero-order chi connectivity index (χ0) is 93.9. The van der Waals surface area contributed by atoms with Gasteiger partial charge in [-0.2, -0.15) is 39.5 Å². The molecule has 28 heteroatoms. The Balaban J connectivity index is 0.000000261. The third kappa shape index (κ3) is 26.1. The number of aryl methyl sites for hydroxylation is 3. The average Bonchev–Trinajstić information content (AvgIpc) is 1.37. The van der Waals surface area contributed by atoms with Gasteiger partial charge in [-0.1, -0.05) is 100 Å². The Hall–Kier alpha value is -9.26. The number of carboxylic acid groups (broad SMARTS) is 1. The molecule has 0 aromatic heterocycles. The van der Waals surface area contributed by atoms with Crippen molar-refractivity contribution >= 4 is 46.8 Å². The minimum Gasteiger partial charge on any atom is -0.870 e. The predicted molar refractivity (Wildman–Crippen MR) is 470 cm³/mol. The molecule has 2 amide bonds. The van der Waals surface area contributed by atoms with E-state index in [9.17, 15) is 73.7 Å². The van der Waals surface area contributed by atoms with Crippen LogP contribution in [0.1, 0.15) is 263 Å². The molecule has 5 aliphatic rings. The molecule has 0 unspecified atom stereocenters. The summed E-state index contributed by atoms with van der Waals surface area (Å²) in [4.78, 5) is 66.1. The van der Waals surface area contributed by atoms with Gasteiger partial charge in [0.1, 0.15) is 29.5 Å². The van der Waals surface area contributed by atoms with Crippen LogP contribution in [-0.2, 0) is 71.1 Å². The van der Waals surface area contributed by atoms with Gasteiger partial charge in [-0.25, -0.2) is 9.59 Å². The van der Waals surface area contributed by atoms with Crippen LogP contribution in [0.4, 0.5) is 49.1 Å². The molecule has 0 saturated carbocycles. The predicted octanol–water partition coefficient (Wildman–Crippen LogP) is 20.8. The number of aliphatic carboxylic acids is 1. The number of cyclic esters (lactones) is 2. The first-order chi connectivity index (χ1) is 58.3. The molecule has 3 aliphatic carbocycles. The Kier molecular flexibility index (Phi) is 34.3. The number of carbonyl (C=O) groups excluding carboxylic acids is 4. The molecule has 0 bridgehead atoms. The molecule has 128 heavy (non-hydrogen) atoms. The maximum atomic E-state index is 13.6. The number of alkyl halides is 9. The SMILES string of the molecule is COC(=O)C(C)(C)Cc1ccc(OC)c(C2=C(CN3C(=O)O[C@H](c4cc(C)cc(C(F)(F)F)c4)[C@@H]3C)CC(C)(C)CC2)c1.COC(=O)C(C)(C)Cc1ccc(OC)c(C2=C(CN[C@@H](C)[C@H](O)c3cc(C)cc(C(F)(F)F)c3)CC(C)(C)CC2)c1.COc1ccc(CC(C)(C)C(=O)O)cc1C1=C(CN2C(=O)O[C@H](c3cc(C)cc(C(F)(F)F)c3)[C@@H]2C)CC(C)(C)CC1.[Li+].[OH-]. The molecule has 696 valence electrons. The van der Waals surface area contributed by atoms with Crippen LogP contribution in [-0.4, -0.2) is 129 Å². The third-order valence-corrected chi connectivity index (χ3v) is 25.2. The van der Waals surface area contributed by atoms with Crippen LogP contribution >= 0.6 is 0 Å². The second-order valence-electron chi connectivity index (χ2n) is 39.2. The number of aliphatic hydroxyl groups is 1. The third-order valence-electron chi connectivity index (χ3n) is 25.2.